The highest BCUT2D eigenvalue weighted by molar-refractivity contribution is 5.85. The van der Waals surface area contributed by atoms with Crippen LogP contribution in [0, 0.1) is 11.6 Å². The third kappa shape index (κ3) is 9.72. The van der Waals surface area contributed by atoms with Gasteiger partial charge in [0.15, 0.2) is 5.79 Å². The number of carbonyl (C=O) groups excluding carboxylic acids is 2. The van der Waals surface area contributed by atoms with Crippen molar-refractivity contribution >= 4 is 12.0 Å². The second-order valence-corrected chi connectivity index (χ2v) is 10.7. The van der Waals surface area contributed by atoms with Crippen LogP contribution in [-0.2, 0) is 38.4 Å². The quantitative estimate of drug-likeness (QED) is 0.288. The molecule has 1 heterocycles. The predicted molar refractivity (Wildman–Crippen MR) is 153 cm³/mol. The number of nitrogens with zero attached hydrogens (tertiary/aromatic N) is 1. The summed E-state index contributed by atoms with van der Waals surface area (Å²) in [5.74, 6) is -3.03. The van der Waals surface area contributed by atoms with Gasteiger partial charge in [0.05, 0.1) is 26.4 Å². The Balaban J connectivity index is 1.88. The smallest absolute Gasteiger partial charge is 0.407 e. The van der Waals surface area contributed by atoms with Gasteiger partial charge in [0.25, 0.3) is 0 Å². The average molecular weight is 592 g/mol. The largest absolute Gasteiger partial charge is 0.453 e. The Morgan fingerprint density at radius 2 is 1.76 bits per heavy atom. The number of benzene rings is 2. The van der Waals surface area contributed by atoms with E-state index in [0.717, 1.165) is 48.6 Å². The molecule has 0 saturated carbocycles. The number of amides is 2. The molecule has 232 valence electrons. The van der Waals surface area contributed by atoms with Gasteiger partial charge in [0.2, 0.25) is 5.91 Å². The molecule has 2 amide bonds. The van der Waals surface area contributed by atoms with Gasteiger partial charge in [-0.1, -0.05) is 44.5 Å². The minimum Gasteiger partial charge on any atom is -0.453 e. The molecule has 0 unspecified atom stereocenters. The van der Waals surface area contributed by atoms with Crippen molar-refractivity contribution in [1.82, 2.24) is 10.2 Å². The van der Waals surface area contributed by atoms with E-state index in [4.69, 9.17) is 19.9 Å². The highest BCUT2D eigenvalue weighted by atomic mass is 19.1. The lowest BCUT2D eigenvalue weighted by Gasteiger charge is -2.35. The topological polar surface area (TPSA) is 123 Å². The number of methoxy groups -OCH3 is 1. The Hall–Kier alpha value is -3.12. The molecule has 9 nitrogen and oxygen atoms in total. The normalized spacial score (nSPS) is 16.5. The van der Waals surface area contributed by atoms with Gasteiger partial charge in [0, 0.05) is 38.0 Å². The Bertz CT molecular complexity index is 1160. The number of hydrogen-bond donors (Lipinski definition) is 3. The third-order valence-corrected chi connectivity index (χ3v) is 7.40. The van der Waals surface area contributed by atoms with Crippen molar-refractivity contribution in [2.75, 3.05) is 26.9 Å². The summed E-state index contributed by atoms with van der Waals surface area (Å²) in [5, 5.41) is 13.7. The van der Waals surface area contributed by atoms with Gasteiger partial charge in [-0.15, -0.1) is 0 Å². The lowest BCUT2D eigenvalue weighted by atomic mass is 9.97. The summed E-state index contributed by atoms with van der Waals surface area (Å²) < 4.78 is 44.2. The van der Waals surface area contributed by atoms with Crippen LogP contribution in [0.3, 0.4) is 0 Å². The SMILES string of the molecule is CCCCC1(C[C@@H](NC(=O)OC)C(=O)N(Cc2cccc(CC)c2)C[C@@H](O)[C@@H](N)Cc2cc(F)cc(F)c2)OCCO1. The summed E-state index contributed by atoms with van der Waals surface area (Å²) in [6.45, 7) is 4.71. The maximum atomic E-state index is 14.2. The van der Waals surface area contributed by atoms with Crippen molar-refractivity contribution in [3.05, 3.63) is 70.8 Å². The first kappa shape index (κ1) is 33.4. The second kappa shape index (κ2) is 15.9. The van der Waals surface area contributed by atoms with Crippen molar-refractivity contribution in [1.29, 1.82) is 0 Å². The van der Waals surface area contributed by atoms with Crippen molar-refractivity contribution in [2.24, 2.45) is 5.73 Å². The fourth-order valence-electron chi connectivity index (χ4n) is 5.14. The summed E-state index contributed by atoms with van der Waals surface area (Å²) in [6, 6.07) is 8.75. The fraction of sp³-hybridized carbons (Fsp3) is 0.548. The number of hydrogen-bond acceptors (Lipinski definition) is 7. The summed E-state index contributed by atoms with van der Waals surface area (Å²) in [7, 11) is 1.21. The van der Waals surface area contributed by atoms with E-state index in [-0.39, 0.29) is 31.5 Å². The molecular formula is C31H43F2N3O6. The number of rotatable bonds is 15. The molecule has 1 aliphatic heterocycles. The maximum absolute atomic E-state index is 14.2. The van der Waals surface area contributed by atoms with E-state index in [0.29, 0.717) is 19.6 Å². The van der Waals surface area contributed by atoms with Gasteiger partial charge in [-0.2, -0.15) is 0 Å². The molecule has 1 fully saturated rings. The molecule has 3 atom stereocenters. The molecule has 3 rings (SSSR count). The molecule has 11 heteroatoms. The van der Waals surface area contributed by atoms with Crippen LogP contribution in [-0.4, -0.2) is 72.8 Å². The average Bonchev–Trinajstić information content (AvgIpc) is 3.42. The zero-order valence-corrected chi connectivity index (χ0v) is 24.6. The zero-order valence-electron chi connectivity index (χ0n) is 24.6. The summed E-state index contributed by atoms with van der Waals surface area (Å²) in [6.07, 6.45) is 0.980. The van der Waals surface area contributed by atoms with Gasteiger partial charge in [0.1, 0.15) is 17.7 Å². The van der Waals surface area contributed by atoms with Crippen molar-refractivity contribution in [3.63, 3.8) is 0 Å². The number of unbranched alkanes of at least 4 members (excludes halogenated alkanes) is 1. The van der Waals surface area contributed by atoms with E-state index in [1.165, 1.54) is 12.0 Å². The number of carbonyl (C=O) groups is 2. The molecule has 0 bridgehead atoms. The molecule has 4 N–H and O–H groups in total. The Morgan fingerprint density at radius 1 is 1.10 bits per heavy atom. The van der Waals surface area contributed by atoms with Crippen LogP contribution in [0.2, 0.25) is 0 Å². The van der Waals surface area contributed by atoms with Gasteiger partial charge in [-0.3, -0.25) is 4.79 Å². The van der Waals surface area contributed by atoms with Crippen LogP contribution < -0.4 is 11.1 Å². The first-order valence-corrected chi connectivity index (χ1v) is 14.5. The Morgan fingerprint density at radius 3 is 2.38 bits per heavy atom. The molecule has 2 aromatic carbocycles. The van der Waals surface area contributed by atoms with E-state index in [1.807, 2.05) is 38.1 Å². The minimum atomic E-state index is -1.25. The highest BCUT2D eigenvalue weighted by Crippen LogP contribution is 2.31. The van der Waals surface area contributed by atoms with Crippen molar-refractivity contribution in [3.8, 4) is 0 Å². The number of nitrogens with one attached hydrogen (secondary N) is 1. The molecule has 1 saturated heterocycles. The molecule has 2 aromatic rings. The van der Waals surface area contributed by atoms with Crippen LogP contribution in [0.15, 0.2) is 42.5 Å². The van der Waals surface area contributed by atoms with Crippen LogP contribution >= 0.6 is 0 Å². The number of aryl methyl sites for hydroxylation is 1. The van der Waals surface area contributed by atoms with E-state index >= 15 is 0 Å². The molecule has 0 spiro atoms. The van der Waals surface area contributed by atoms with Crippen LogP contribution in [0.1, 0.15) is 56.2 Å². The second-order valence-electron chi connectivity index (χ2n) is 10.7. The minimum absolute atomic E-state index is 0.0190. The third-order valence-electron chi connectivity index (χ3n) is 7.40. The van der Waals surface area contributed by atoms with E-state index in [2.05, 4.69) is 5.32 Å². The Kier molecular flexibility index (Phi) is 12.7. The van der Waals surface area contributed by atoms with Crippen LogP contribution in [0.4, 0.5) is 13.6 Å². The molecule has 0 radical (unpaired) electrons. The standard InChI is InChI=1S/C31H43F2N3O6/c1-4-6-10-31(41-11-12-42-31)18-27(35-30(39)40-3)29(38)36(19-22-9-7-8-21(5-2)13-22)20-28(37)26(34)16-23-14-24(32)17-25(33)15-23/h7-9,13-15,17,26-28,37H,4-6,10-12,16,18-20,34H2,1-3H3,(H,35,39)/t26-,27+,28+/m0/s1. The van der Waals surface area contributed by atoms with Crippen LogP contribution in [0.5, 0.6) is 0 Å². The first-order chi connectivity index (χ1) is 20.1. The predicted octanol–water partition coefficient (Wildman–Crippen LogP) is 3.83. The van der Waals surface area contributed by atoms with E-state index in [1.54, 1.807) is 0 Å². The van der Waals surface area contributed by atoms with Gasteiger partial charge in [-0.25, -0.2) is 13.6 Å². The molecule has 42 heavy (non-hydrogen) atoms. The Labute approximate surface area is 246 Å². The summed E-state index contributed by atoms with van der Waals surface area (Å²) in [4.78, 5) is 27.9. The number of halogens is 2. The number of aliphatic hydroxyl groups excluding tert-OH is 1. The lowest BCUT2D eigenvalue weighted by molar-refractivity contribution is -0.176. The summed E-state index contributed by atoms with van der Waals surface area (Å²) in [5.41, 5.74) is 8.44. The first-order valence-electron chi connectivity index (χ1n) is 14.5. The highest BCUT2D eigenvalue weighted by Gasteiger charge is 2.42. The maximum Gasteiger partial charge on any atom is 0.407 e. The molecule has 0 aliphatic carbocycles. The number of alkyl carbamates (subject to hydrolysis) is 1. The van der Waals surface area contributed by atoms with E-state index < -0.39 is 47.6 Å². The fourth-order valence-corrected chi connectivity index (χ4v) is 5.14. The monoisotopic (exact) mass is 591 g/mol. The molecular weight excluding hydrogens is 548 g/mol. The molecule has 1 aliphatic rings. The van der Waals surface area contributed by atoms with Gasteiger partial charge >= 0.3 is 6.09 Å². The summed E-state index contributed by atoms with van der Waals surface area (Å²) >= 11 is 0. The number of nitrogens with two attached hydrogens (primary N) is 1. The van der Waals surface area contributed by atoms with Crippen molar-refractivity contribution in [2.45, 2.75) is 82.9 Å². The van der Waals surface area contributed by atoms with Gasteiger partial charge < -0.3 is 35.3 Å². The van der Waals surface area contributed by atoms with Crippen LogP contribution in [0.25, 0.3) is 0 Å². The lowest BCUT2D eigenvalue weighted by Crippen LogP contribution is -2.55. The van der Waals surface area contributed by atoms with E-state index in [9.17, 15) is 23.5 Å². The number of aliphatic hydroxyl groups is 1. The zero-order chi connectivity index (χ0) is 30.7. The van der Waals surface area contributed by atoms with Gasteiger partial charge in [-0.05, 0) is 48.1 Å². The van der Waals surface area contributed by atoms with Crippen molar-refractivity contribution < 1.29 is 37.7 Å². The number of ether oxygens (including phenoxy) is 3. The molecule has 0 aromatic heterocycles.